The number of nitrogen functional groups attached to an aromatic ring is 1. The van der Waals surface area contributed by atoms with Crippen molar-refractivity contribution in [3.8, 4) is 0 Å². The molecule has 114 valence electrons. The number of thiazole rings is 1. The van der Waals surface area contributed by atoms with E-state index in [-0.39, 0.29) is 15.9 Å². The first-order valence-corrected chi connectivity index (χ1v) is 9.01. The Labute approximate surface area is 137 Å². The van der Waals surface area contributed by atoms with Gasteiger partial charge in [0.1, 0.15) is 0 Å². The average molecular weight is 366 g/mol. The summed E-state index contributed by atoms with van der Waals surface area (Å²) in [7, 11) is -3.60. The van der Waals surface area contributed by atoms with Gasteiger partial charge in [-0.25, -0.2) is 18.1 Å². The maximum Gasteiger partial charge on any atom is 0.252 e. The fourth-order valence-corrected chi connectivity index (χ4v) is 4.64. The lowest BCUT2D eigenvalue weighted by molar-refractivity contribution is 0.583. The Kier molecular flexibility index (Phi) is 5.11. The van der Waals surface area contributed by atoms with E-state index in [1.807, 2.05) is 0 Å². The smallest absolute Gasteiger partial charge is 0.252 e. The zero-order valence-corrected chi connectivity index (χ0v) is 14.2. The van der Waals surface area contributed by atoms with E-state index in [9.17, 15) is 8.42 Å². The van der Waals surface area contributed by atoms with Crippen LogP contribution in [0.3, 0.4) is 0 Å². The minimum absolute atomic E-state index is 0.141. The van der Waals surface area contributed by atoms with Gasteiger partial charge in [0.25, 0.3) is 10.0 Å². The van der Waals surface area contributed by atoms with Crippen LogP contribution in [0.2, 0.25) is 10.0 Å². The number of hydrogen-bond donors (Lipinski definition) is 2. The number of nitrogens with two attached hydrogens (primary N) is 1. The lowest BCUT2D eigenvalue weighted by Gasteiger charge is -2.07. The van der Waals surface area contributed by atoms with E-state index >= 15 is 0 Å². The molecule has 0 unspecified atom stereocenters. The Bertz CT molecular complexity index is 760. The molecule has 1 heterocycles. The number of sulfonamides is 1. The van der Waals surface area contributed by atoms with Crippen LogP contribution in [0.15, 0.2) is 22.4 Å². The summed E-state index contributed by atoms with van der Waals surface area (Å²) in [6, 6.07) is 5.11. The molecule has 0 atom stereocenters. The molecule has 0 aliphatic carbocycles. The van der Waals surface area contributed by atoms with Crippen LogP contribution < -0.4 is 10.5 Å². The van der Waals surface area contributed by atoms with E-state index in [1.165, 1.54) is 0 Å². The van der Waals surface area contributed by atoms with E-state index < -0.39 is 10.0 Å². The van der Waals surface area contributed by atoms with Gasteiger partial charge in [0.15, 0.2) is 9.34 Å². The Balaban J connectivity index is 2.04. The average Bonchev–Trinajstić information content (AvgIpc) is 2.72. The summed E-state index contributed by atoms with van der Waals surface area (Å²) in [4.78, 5) is 3.91. The third kappa shape index (κ3) is 4.08. The molecule has 2 aromatic rings. The minimum atomic E-state index is -3.60. The molecule has 1 aromatic carbocycles. The maximum absolute atomic E-state index is 12.1. The molecule has 0 saturated heterocycles. The summed E-state index contributed by atoms with van der Waals surface area (Å²) in [6.07, 6.45) is 0.461. The van der Waals surface area contributed by atoms with Gasteiger partial charge in [-0.2, -0.15) is 0 Å². The monoisotopic (exact) mass is 365 g/mol. The number of aromatic nitrogens is 1. The second-order valence-electron chi connectivity index (χ2n) is 4.31. The first kappa shape index (κ1) is 16.5. The summed E-state index contributed by atoms with van der Waals surface area (Å²) >= 11 is 12.8. The van der Waals surface area contributed by atoms with Gasteiger partial charge in [0.05, 0.1) is 5.69 Å². The number of aryl methyl sites for hydroxylation is 1. The maximum atomic E-state index is 12.1. The lowest BCUT2D eigenvalue weighted by Crippen LogP contribution is -2.25. The van der Waals surface area contributed by atoms with Gasteiger partial charge in [-0.05, 0) is 31.0 Å². The molecule has 5 nitrogen and oxygen atoms in total. The summed E-state index contributed by atoms with van der Waals surface area (Å²) < 4.78 is 26.9. The highest BCUT2D eigenvalue weighted by molar-refractivity contribution is 7.91. The predicted octanol–water partition coefficient (Wildman–Crippen LogP) is 2.86. The Morgan fingerprint density at radius 2 is 2.10 bits per heavy atom. The number of halogens is 2. The lowest BCUT2D eigenvalue weighted by atomic mass is 10.1. The van der Waals surface area contributed by atoms with Crippen molar-refractivity contribution in [1.82, 2.24) is 9.71 Å². The summed E-state index contributed by atoms with van der Waals surface area (Å²) in [6.45, 7) is 1.83. The number of nitrogens with one attached hydrogen (secondary N) is 1. The molecule has 9 heteroatoms. The van der Waals surface area contributed by atoms with Crippen molar-refractivity contribution >= 4 is 49.7 Å². The summed E-state index contributed by atoms with van der Waals surface area (Å²) in [5.41, 5.74) is 6.74. The molecule has 0 aliphatic heterocycles. The van der Waals surface area contributed by atoms with Crippen molar-refractivity contribution in [1.29, 1.82) is 0 Å². The van der Waals surface area contributed by atoms with Crippen LogP contribution in [0.5, 0.6) is 0 Å². The number of rotatable bonds is 5. The molecule has 0 radical (unpaired) electrons. The third-order valence-electron chi connectivity index (χ3n) is 2.72. The largest absolute Gasteiger partial charge is 0.375 e. The van der Waals surface area contributed by atoms with Gasteiger partial charge in [-0.1, -0.05) is 40.6 Å². The molecule has 3 N–H and O–H groups in total. The molecule has 0 spiro atoms. The highest BCUT2D eigenvalue weighted by atomic mass is 35.5. The normalized spacial score (nSPS) is 11.8. The molecule has 21 heavy (non-hydrogen) atoms. The van der Waals surface area contributed by atoms with Gasteiger partial charge in [0.2, 0.25) is 0 Å². The molecule has 0 bridgehead atoms. The zero-order valence-electron chi connectivity index (χ0n) is 11.1. The van der Waals surface area contributed by atoms with E-state index in [0.717, 1.165) is 16.9 Å². The van der Waals surface area contributed by atoms with E-state index in [1.54, 1.807) is 25.1 Å². The molecule has 0 saturated carbocycles. The number of benzene rings is 1. The molecule has 1 aromatic heterocycles. The number of hydrogen-bond acceptors (Lipinski definition) is 5. The van der Waals surface area contributed by atoms with Crippen LogP contribution in [0.25, 0.3) is 0 Å². The molecule has 2 rings (SSSR count). The first-order valence-electron chi connectivity index (χ1n) is 5.96. The summed E-state index contributed by atoms with van der Waals surface area (Å²) in [5.74, 6) is 0. The van der Waals surface area contributed by atoms with E-state index in [2.05, 4.69) is 9.71 Å². The van der Waals surface area contributed by atoms with Crippen molar-refractivity contribution in [2.45, 2.75) is 17.6 Å². The number of anilines is 1. The van der Waals surface area contributed by atoms with Crippen LogP contribution in [0.1, 0.15) is 11.3 Å². The van der Waals surface area contributed by atoms with Gasteiger partial charge < -0.3 is 5.73 Å². The Hall–Kier alpha value is -0.860. The standard InChI is InChI=1S/C12H13Cl2N3O2S2/c1-7-11(20-12(15)17-7)21(18,19)16-5-4-8-2-3-9(13)6-10(8)14/h2-3,6,16H,4-5H2,1H3,(H2,15,17). The SMILES string of the molecule is Cc1nc(N)sc1S(=O)(=O)NCCc1ccc(Cl)cc1Cl. The Morgan fingerprint density at radius 3 is 2.67 bits per heavy atom. The van der Waals surface area contributed by atoms with E-state index in [4.69, 9.17) is 28.9 Å². The van der Waals surface area contributed by atoms with Crippen LogP contribution in [0.4, 0.5) is 5.13 Å². The van der Waals surface area contributed by atoms with Crippen molar-refractivity contribution in [2.24, 2.45) is 0 Å². The molecular formula is C12H13Cl2N3O2S2. The van der Waals surface area contributed by atoms with Gasteiger partial charge >= 0.3 is 0 Å². The second-order valence-corrected chi connectivity index (χ2v) is 8.14. The minimum Gasteiger partial charge on any atom is -0.375 e. The van der Waals surface area contributed by atoms with E-state index in [0.29, 0.717) is 22.2 Å². The van der Waals surface area contributed by atoms with Crippen molar-refractivity contribution < 1.29 is 8.42 Å². The van der Waals surface area contributed by atoms with Gasteiger partial charge in [0, 0.05) is 16.6 Å². The van der Waals surface area contributed by atoms with Gasteiger partial charge in [-0.15, -0.1) is 0 Å². The van der Waals surface area contributed by atoms with Crippen LogP contribution in [-0.4, -0.2) is 19.9 Å². The van der Waals surface area contributed by atoms with Gasteiger partial charge in [-0.3, -0.25) is 0 Å². The molecule has 0 aliphatic rings. The first-order chi connectivity index (χ1) is 9.79. The summed E-state index contributed by atoms with van der Waals surface area (Å²) in [5, 5.41) is 1.29. The Morgan fingerprint density at radius 1 is 1.38 bits per heavy atom. The topological polar surface area (TPSA) is 85.1 Å². The van der Waals surface area contributed by atoms with Crippen molar-refractivity contribution in [3.63, 3.8) is 0 Å². The van der Waals surface area contributed by atoms with Crippen molar-refractivity contribution in [3.05, 3.63) is 39.5 Å². The second kappa shape index (κ2) is 6.50. The van der Waals surface area contributed by atoms with Crippen LogP contribution in [0, 0.1) is 6.92 Å². The molecule has 0 amide bonds. The zero-order chi connectivity index (χ0) is 15.6. The van der Waals surface area contributed by atoms with Crippen LogP contribution >= 0.6 is 34.5 Å². The number of nitrogens with zero attached hydrogens (tertiary/aromatic N) is 1. The third-order valence-corrected chi connectivity index (χ3v) is 6.36. The fraction of sp³-hybridized carbons (Fsp3) is 0.250. The van der Waals surface area contributed by atoms with Crippen LogP contribution in [-0.2, 0) is 16.4 Å². The highest BCUT2D eigenvalue weighted by Gasteiger charge is 2.20. The predicted molar refractivity (Wildman–Crippen MR) is 86.6 cm³/mol. The highest BCUT2D eigenvalue weighted by Crippen LogP contribution is 2.25. The molecular weight excluding hydrogens is 353 g/mol. The molecule has 0 fully saturated rings. The quantitative estimate of drug-likeness (QED) is 0.852. The van der Waals surface area contributed by atoms with Crippen molar-refractivity contribution in [2.75, 3.05) is 12.3 Å². The fourth-order valence-electron chi connectivity index (χ4n) is 1.76.